The van der Waals surface area contributed by atoms with E-state index in [1.165, 1.54) is 12.1 Å². The van der Waals surface area contributed by atoms with E-state index in [9.17, 15) is 13.2 Å². The van der Waals surface area contributed by atoms with E-state index in [2.05, 4.69) is 5.32 Å². The van der Waals surface area contributed by atoms with Gasteiger partial charge in [0.1, 0.15) is 0 Å². The van der Waals surface area contributed by atoms with Crippen LogP contribution in [0.1, 0.15) is 42.5 Å². The third kappa shape index (κ3) is 4.44. The van der Waals surface area contributed by atoms with Crippen molar-refractivity contribution in [2.75, 3.05) is 13.1 Å². The Morgan fingerprint density at radius 2 is 1.77 bits per heavy atom. The van der Waals surface area contributed by atoms with Gasteiger partial charge >= 0.3 is 0 Å². The number of rotatable bonds is 6. The summed E-state index contributed by atoms with van der Waals surface area (Å²) >= 11 is 0. The Labute approximate surface area is 138 Å². The van der Waals surface area contributed by atoms with Crippen molar-refractivity contribution in [3.8, 4) is 0 Å². The average molecular weight is 347 g/mol. The van der Waals surface area contributed by atoms with Crippen molar-refractivity contribution in [3.05, 3.63) is 29.8 Å². The second-order valence-electron chi connectivity index (χ2n) is 5.37. The molecule has 0 spiro atoms. The lowest BCUT2D eigenvalue weighted by Gasteiger charge is -2.11. The molecule has 1 saturated carbocycles. The first-order valence-corrected chi connectivity index (χ1v) is 8.92. The zero-order valence-electron chi connectivity index (χ0n) is 12.5. The van der Waals surface area contributed by atoms with Gasteiger partial charge in [0, 0.05) is 12.1 Å². The summed E-state index contributed by atoms with van der Waals surface area (Å²) in [6.45, 7) is 1.05. The number of hydrogen-bond donors (Lipinski definition) is 2. The SMILES string of the molecule is Cl.NCCCNC(=O)c1ccc(S(=O)(=O)C2CCCC2)cc1. The molecule has 1 aliphatic rings. The van der Waals surface area contributed by atoms with Gasteiger partial charge in [-0.05, 0) is 50.1 Å². The second-order valence-corrected chi connectivity index (χ2v) is 7.60. The van der Waals surface area contributed by atoms with Crippen LogP contribution >= 0.6 is 12.4 Å². The van der Waals surface area contributed by atoms with Crippen LogP contribution in [-0.4, -0.2) is 32.7 Å². The van der Waals surface area contributed by atoms with Crippen molar-refractivity contribution < 1.29 is 13.2 Å². The molecule has 1 fully saturated rings. The summed E-state index contributed by atoms with van der Waals surface area (Å²) in [5.74, 6) is -0.201. The number of nitrogens with two attached hydrogens (primary N) is 1. The molecule has 0 atom stereocenters. The topological polar surface area (TPSA) is 89.3 Å². The summed E-state index contributed by atoms with van der Waals surface area (Å²) in [6.07, 6.45) is 4.16. The second kappa shape index (κ2) is 8.50. The molecule has 0 bridgehead atoms. The van der Waals surface area contributed by atoms with E-state index in [0.29, 0.717) is 23.5 Å². The number of amides is 1. The third-order valence-electron chi connectivity index (χ3n) is 3.85. The van der Waals surface area contributed by atoms with Crippen molar-refractivity contribution in [1.29, 1.82) is 0 Å². The molecule has 1 amide bonds. The standard InChI is InChI=1S/C15H22N2O3S.ClH/c16-10-3-11-17-15(18)12-6-8-14(9-7-12)21(19,20)13-4-1-2-5-13;/h6-9,13H,1-5,10-11,16H2,(H,17,18);1H. The zero-order chi connectivity index (χ0) is 15.3. The number of hydrogen-bond acceptors (Lipinski definition) is 4. The lowest BCUT2D eigenvalue weighted by Crippen LogP contribution is -2.26. The van der Waals surface area contributed by atoms with E-state index >= 15 is 0 Å². The Hall–Kier alpha value is -1.11. The molecule has 1 aliphatic carbocycles. The molecule has 1 aromatic carbocycles. The van der Waals surface area contributed by atoms with Crippen LogP contribution < -0.4 is 11.1 Å². The first-order valence-electron chi connectivity index (χ1n) is 7.38. The molecule has 2 rings (SSSR count). The largest absolute Gasteiger partial charge is 0.352 e. The maximum Gasteiger partial charge on any atom is 0.251 e. The van der Waals surface area contributed by atoms with Gasteiger partial charge in [0.05, 0.1) is 10.1 Å². The first kappa shape index (κ1) is 18.9. The molecule has 0 aromatic heterocycles. The van der Waals surface area contributed by atoms with Gasteiger partial charge in [0.15, 0.2) is 9.84 Å². The highest BCUT2D eigenvalue weighted by molar-refractivity contribution is 7.92. The highest BCUT2D eigenvalue weighted by atomic mass is 35.5. The Balaban J connectivity index is 0.00000242. The van der Waals surface area contributed by atoms with Crippen LogP contribution in [0.2, 0.25) is 0 Å². The summed E-state index contributed by atoms with van der Waals surface area (Å²) < 4.78 is 24.8. The lowest BCUT2D eigenvalue weighted by molar-refractivity contribution is 0.0953. The Morgan fingerprint density at radius 1 is 1.18 bits per heavy atom. The summed E-state index contributed by atoms with van der Waals surface area (Å²) in [7, 11) is -3.25. The summed E-state index contributed by atoms with van der Waals surface area (Å²) in [6, 6.07) is 6.20. The van der Waals surface area contributed by atoms with Crippen LogP contribution in [0.15, 0.2) is 29.2 Å². The fraction of sp³-hybridized carbons (Fsp3) is 0.533. The smallest absolute Gasteiger partial charge is 0.251 e. The van der Waals surface area contributed by atoms with Crippen LogP contribution in [-0.2, 0) is 9.84 Å². The molecule has 0 saturated heterocycles. The molecule has 0 aliphatic heterocycles. The molecule has 7 heteroatoms. The molecule has 0 unspecified atom stereocenters. The fourth-order valence-electron chi connectivity index (χ4n) is 2.59. The van der Waals surface area contributed by atoms with Crippen LogP contribution in [0.4, 0.5) is 0 Å². The van der Waals surface area contributed by atoms with Gasteiger partial charge < -0.3 is 11.1 Å². The molecular formula is C15H23ClN2O3S. The minimum Gasteiger partial charge on any atom is -0.352 e. The van der Waals surface area contributed by atoms with Gasteiger partial charge in [-0.3, -0.25) is 4.79 Å². The third-order valence-corrected chi connectivity index (χ3v) is 6.13. The Bertz CT molecular complexity index is 581. The van der Waals surface area contributed by atoms with Crippen LogP contribution in [0.5, 0.6) is 0 Å². The van der Waals surface area contributed by atoms with Crippen LogP contribution in [0.25, 0.3) is 0 Å². The van der Waals surface area contributed by atoms with E-state index in [1.54, 1.807) is 12.1 Å². The predicted octanol–water partition coefficient (Wildman–Crippen LogP) is 1.90. The molecule has 124 valence electrons. The van der Waals surface area contributed by atoms with Gasteiger partial charge in [-0.1, -0.05) is 12.8 Å². The zero-order valence-corrected chi connectivity index (χ0v) is 14.1. The number of nitrogens with one attached hydrogen (secondary N) is 1. The van der Waals surface area contributed by atoms with E-state index in [-0.39, 0.29) is 23.6 Å². The minimum atomic E-state index is -3.25. The van der Waals surface area contributed by atoms with Gasteiger partial charge in [-0.2, -0.15) is 0 Å². The maximum atomic E-state index is 12.4. The number of carbonyl (C=O) groups excluding carboxylic acids is 1. The summed E-state index contributed by atoms with van der Waals surface area (Å²) in [5, 5.41) is 2.48. The van der Waals surface area contributed by atoms with E-state index in [4.69, 9.17) is 5.73 Å². The van der Waals surface area contributed by atoms with Gasteiger partial charge in [-0.25, -0.2) is 8.42 Å². The minimum absolute atomic E-state index is 0. The average Bonchev–Trinajstić information content (AvgIpc) is 3.02. The lowest BCUT2D eigenvalue weighted by atomic mass is 10.2. The van der Waals surface area contributed by atoms with Crippen molar-refractivity contribution in [2.24, 2.45) is 5.73 Å². The van der Waals surface area contributed by atoms with Gasteiger partial charge in [0.2, 0.25) is 0 Å². The Kier molecular flexibility index (Phi) is 7.32. The predicted molar refractivity (Wildman–Crippen MR) is 89.1 cm³/mol. The van der Waals surface area contributed by atoms with E-state index in [1.807, 2.05) is 0 Å². The van der Waals surface area contributed by atoms with Crippen LogP contribution in [0.3, 0.4) is 0 Å². The molecule has 22 heavy (non-hydrogen) atoms. The van der Waals surface area contributed by atoms with Gasteiger partial charge in [0.25, 0.3) is 5.91 Å². The number of benzene rings is 1. The monoisotopic (exact) mass is 346 g/mol. The van der Waals surface area contributed by atoms with E-state index in [0.717, 1.165) is 32.1 Å². The van der Waals surface area contributed by atoms with Crippen molar-refractivity contribution in [3.63, 3.8) is 0 Å². The van der Waals surface area contributed by atoms with Crippen LogP contribution in [0, 0.1) is 0 Å². The molecule has 0 heterocycles. The summed E-state index contributed by atoms with van der Waals surface area (Å²) in [5.41, 5.74) is 5.83. The molecule has 0 radical (unpaired) electrons. The maximum absolute atomic E-state index is 12.4. The normalized spacial score (nSPS) is 15.3. The highest BCUT2D eigenvalue weighted by Crippen LogP contribution is 2.29. The molecular weight excluding hydrogens is 324 g/mol. The molecule has 5 nitrogen and oxygen atoms in total. The van der Waals surface area contributed by atoms with Crippen molar-refractivity contribution >= 4 is 28.2 Å². The van der Waals surface area contributed by atoms with Crippen molar-refractivity contribution in [1.82, 2.24) is 5.32 Å². The fourth-order valence-corrected chi connectivity index (χ4v) is 4.45. The van der Waals surface area contributed by atoms with Crippen molar-refractivity contribution in [2.45, 2.75) is 42.2 Å². The highest BCUT2D eigenvalue weighted by Gasteiger charge is 2.30. The Morgan fingerprint density at radius 3 is 2.32 bits per heavy atom. The van der Waals surface area contributed by atoms with E-state index < -0.39 is 9.84 Å². The number of sulfone groups is 1. The summed E-state index contributed by atoms with van der Waals surface area (Å²) in [4.78, 5) is 12.1. The number of carbonyl (C=O) groups is 1. The number of halogens is 1. The molecule has 3 N–H and O–H groups in total. The van der Waals surface area contributed by atoms with Gasteiger partial charge in [-0.15, -0.1) is 12.4 Å². The quantitative estimate of drug-likeness (QED) is 0.770. The first-order chi connectivity index (χ1) is 10.1. The molecule has 1 aromatic rings.